The molecule has 0 spiro atoms. The molecule has 25 heavy (non-hydrogen) atoms. The molecule has 0 saturated carbocycles. The van der Waals surface area contributed by atoms with Crippen molar-refractivity contribution in [3.8, 4) is 0 Å². The van der Waals surface area contributed by atoms with Gasteiger partial charge in [-0.05, 0) is 18.2 Å². The first-order chi connectivity index (χ1) is 12.1. The molecule has 0 saturated heterocycles. The van der Waals surface area contributed by atoms with Crippen molar-refractivity contribution in [2.75, 3.05) is 0 Å². The second-order valence-electron chi connectivity index (χ2n) is 6.05. The number of fused-ring (bicyclic) bond motifs is 6. The summed E-state index contributed by atoms with van der Waals surface area (Å²) in [6.07, 6.45) is 0. The molecule has 1 aliphatic carbocycles. The van der Waals surface area contributed by atoms with Crippen LogP contribution in [0.2, 0.25) is 10.0 Å². The van der Waals surface area contributed by atoms with Gasteiger partial charge in [0.15, 0.2) is 11.6 Å². The van der Waals surface area contributed by atoms with E-state index in [9.17, 15) is 9.59 Å². The standard InChI is InChI=1S/C20H9Cl2NO2/c21-14-7-13-9-5-6-12-17(18(9)23-16(13)8-15(14)22)20(25)11-4-2-1-3-10(11)19(12)24/h1-8,23H. The zero-order valence-corrected chi connectivity index (χ0v) is 14.2. The van der Waals surface area contributed by atoms with Crippen LogP contribution < -0.4 is 0 Å². The Morgan fingerprint density at radius 1 is 0.720 bits per heavy atom. The third-order valence-electron chi connectivity index (χ3n) is 4.70. The average Bonchev–Trinajstić information content (AvgIpc) is 2.97. The summed E-state index contributed by atoms with van der Waals surface area (Å²) in [4.78, 5) is 29.1. The monoisotopic (exact) mass is 365 g/mol. The van der Waals surface area contributed by atoms with E-state index < -0.39 is 0 Å². The Morgan fingerprint density at radius 3 is 2.16 bits per heavy atom. The highest BCUT2D eigenvalue weighted by Crippen LogP contribution is 2.37. The SMILES string of the molecule is O=C1c2ccccc2C(=O)c2c1ccc1c2[nH]c2cc(Cl)c(Cl)cc21. The number of aromatic amines is 1. The largest absolute Gasteiger partial charge is 0.354 e. The van der Waals surface area contributed by atoms with Gasteiger partial charge >= 0.3 is 0 Å². The van der Waals surface area contributed by atoms with E-state index >= 15 is 0 Å². The van der Waals surface area contributed by atoms with Crippen LogP contribution in [-0.2, 0) is 0 Å². The van der Waals surface area contributed by atoms with Crippen LogP contribution >= 0.6 is 23.2 Å². The Balaban J connectivity index is 1.92. The minimum atomic E-state index is -0.153. The summed E-state index contributed by atoms with van der Waals surface area (Å²) in [5, 5.41) is 2.59. The van der Waals surface area contributed by atoms with Crippen molar-refractivity contribution in [1.29, 1.82) is 0 Å². The summed E-state index contributed by atoms with van der Waals surface area (Å²) in [7, 11) is 0. The summed E-state index contributed by atoms with van der Waals surface area (Å²) in [6, 6.07) is 14.0. The molecule has 0 aliphatic heterocycles. The highest BCUT2D eigenvalue weighted by Gasteiger charge is 2.31. The van der Waals surface area contributed by atoms with Gasteiger partial charge in [-0.3, -0.25) is 9.59 Å². The summed E-state index contributed by atoms with van der Waals surface area (Å²) in [5.41, 5.74) is 3.11. The number of hydrogen-bond acceptors (Lipinski definition) is 2. The van der Waals surface area contributed by atoms with Gasteiger partial charge in [-0.1, -0.05) is 53.5 Å². The van der Waals surface area contributed by atoms with Crippen molar-refractivity contribution < 1.29 is 9.59 Å². The lowest BCUT2D eigenvalue weighted by Gasteiger charge is -2.17. The van der Waals surface area contributed by atoms with Crippen molar-refractivity contribution in [2.24, 2.45) is 0 Å². The number of halogens is 2. The number of nitrogens with one attached hydrogen (secondary N) is 1. The molecule has 1 N–H and O–H groups in total. The first-order valence-corrected chi connectivity index (χ1v) is 8.43. The molecule has 1 aliphatic rings. The van der Waals surface area contributed by atoms with Crippen LogP contribution in [0.5, 0.6) is 0 Å². The predicted octanol–water partition coefficient (Wildman–Crippen LogP) is 5.40. The molecule has 1 heterocycles. The molecule has 3 nitrogen and oxygen atoms in total. The van der Waals surface area contributed by atoms with Crippen LogP contribution in [0.1, 0.15) is 31.8 Å². The maximum atomic E-state index is 13.1. The Bertz CT molecular complexity index is 1250. The van der Waals surface area contributed by atoms with Crippen LogP contribution in [0.15, 0.2) is 48.5 Å². The summed E-state index contributed by atoms with van der Waals surface area (Å²) < 4.78 is 0. The van der Waals surface area contributed by atoms with Crippen molar-refractivity contribution in [3.05, 3.63) is 80.8 Å². The van der Waals surface area contributed by atoms with Gasteiger partial charge in [0.25, 0.3) is 0 Å². The lowest BCUT2D eigenvalue weighted by atomic mass is 9.83. The molecule has 5 heteroatoms. The molecule has 1 aromatic heterocycles. The third kappa shape index (κ3) is 1.88. The van der Waals surface area contributed by atoms with Gasteiger partial charge in [0.2, 0.25) is 0 Å². The van der Waals surface area contributed by atoms with Gasteiger partial charge in [0.05, 0.1) is 21.1 Å². The Kier molecular flexibility index (Phi) is 2.91. The quantitative estimate of drug-likeness (QED) is 0.399. The van der Waals surface area contributed by atoms with Gasteiger partial charge in [-0.25, -0.2) is 0 Å². The van der Waals surface area contributed by atoms with E-state index in [4.69, 9.17) is 23.2 Å². The van der Waals surface area contributed by atoms with Crippen LogP contribution in [0.25, 0.3) is 21.8 Å². The summed E-state index contributed by atoms with van der Waals surface area (Å²) in [6.45, 7) is 0. The van der Waals surface area contributed by atoms with Gasteiger partial charge < -0.3 is 4.98 Å². The molecule has 4 aromatic rings. The van der Waals surface area contributed by atoms with Crippen LogP contribution in [0.3, 0.4) is 0 Å². The van der Waals surface area contributed by atoms with Crippen LogP contribution in [0.4, 0.5) is 0 Å². The van der Waals surface area contributed by atoms with Crippen molar-refractivity contribution >= 4 is 56.6 Å². The molecule has 0 fully saturated rings. The number of rotatable bonds is 0. The summed E-state index contributed by atoms with van der Waals surface area (Å²) >= 11 is 12.2. The first-order valence-electron chi connectivity index (χ1n) is 7.68. The predicted molar refractivity (Wildman–Crippen MR) is 99.1 cm³/mol. The van der Waals surface area contributed by atoms with E-state index in [1.54, 1.807) is 42.5 Å². The second-order valence-corrected chi connectivity index (χ2v) is 6.87. The fourth-order valence-electron chi connectivity index (χ4n) is 3.55. The number of benzene rings is 3. The molecular formula is C20H9Cl2NO2. The van der Waals surface area contributed by atoms with Crippen molar-refractivity contribution in [1.82, 2.24) is 4.98 Å². The Labute approximate surface area is 152 Å². The van der Waals surface area contributed by atoms with Gasteiger partial charge in [-0.15, -0.1) is 0 Å². The maximum Gasteiger partial charge on any atom is 0.196 e. The molecule has 5 rings (SSSR count). The first kappa shape index (κ1) is 14.7. The molecule has 0 amide bonds. The highest BCUT2D eigenvalue weighted by molar-refractivity contribution is 6.43. The van der Waals surface area contributed by atoms with Gasteiger partial charge in [0.1, 0.15) is 0 Å². The van der Waals surface area contributed by atoms with Crippen molar-refractivity contribution in [3.63, 3.8) is 0 Å². The smallest absolute Gasteiger partial charge is 0.196 e. The topological polar surface area (TPSA) is 49.9 Å². The number of ketones is 2. The molecule has 0 unspecified atom stereocenters. The second kappa shape index (κ2) is 4.94. The lowest BCUT2D eigenvalue weighted by molar-refractivity contribution is 0.0980. The zero-order valence-electron chi connectivity index (χ0n) is 12.7. The highest BCUT2D eigenvalue weighted by atomic mass is 35.5. The molecule has 0 radical (unpaired) electrons. The third-order valence-corrected chi connectivity index (χ3v) is 5.43. The minimum Gasteiger partial charge on any atom is -0.354 e. The number of hydrogen-bond donors (Lipinski definition) is 1. The lowest BCUT2D eigenvalue weighted by Crippen LogP contribution is -2.21. The fourth-order valence-corrected chi connectivity index (χ4v) is 3.88. The minimum absolute atomic E-state index is 0.137. The molecule has 120 valence electrons. The van der Waals surface area contributed by atoms with Crippen molar-refractivity contribution in [2.45, 2.75) is 0 Å². The van der Waals surface area contributed by atoms with Crippen LogP contribution in [0, 0.1) is 0 Å². The average molecular weight is 366 g/mol. The van der Waals surface area contributed by atoms with E-state index in [1.165, 1.54) is 0 Å². The number of H-pyrrole nitrogens is 1. The molecular weight excluding hydrogens is 357 g/mol. The maximum absolute atomic E-state index is 13.1. The molecule has 0 atom stereocenters. The van der Waals surface area contributed by atoms with E-state index in [1.807, 2.05) is 6.07 Å². The zero-order chi connectivity index (χ0) is 17.3. The van der Waals surface area contributed by atoms with E-state index in [0.29, 0.717) is 37.8 Å². The van der Waals surface area contributed by atoms with Gasteiger partial charge in [-0.2, -0.15) is 0 Å². The normalized spacial score (nSPS) is 13.4. The molecule has 3 aromatic carbocycles. The van der Waals surface area contributed by atoms with Gasteiger partial charge in [0, 0.05) is 33.0 Å². The van der Waals surface area contributed by atoms with Crippen LogP contribution in [-0.4, -0.2) is 16.6 Å². The number of aromatic nitrogens is 1. The summed E-state index contributed by atoms with van der Waals surface area (Å²) in [5.74, 6) is -0.290. The Morgan fingerprint density at radius 2 is 1.40 bits per heavy atom. The Hall–Kier alpha value is -2.62. The molecule has 0 bridgehead atoms. The number of carbonyl (C=O) groups is 2. The number of carbonyl (C=O) groups excluding carboxylic acids is 2. The fraction of sp³-hybridized carbons (Fsp3) is 0. The van der Waals surface area contributed by atoms with E-state index in [2.05, 4.69) is 4.98 Å². The van der Waals surface area contributed by atoms with E-state index in [0.717, 1.165) is 16.3 Å². The van der Waals surface area contributed by atoms with E-state index in [-0.39, 0.29) is 11.6 Å².